The fourth-order valence-electron chi connectivity index (χ4n) is 2.35. The third-order valence-corrected chi connectivity index (χ3v) is 5.53. The second-order valence-corrected chi connectivity index (χ2v) is 7.26. The minimum Gasteiger partial charge on any atom is -0.508 e. The molecule has 2 aromatic carbocycles. The van der Waals surface area contributed by atoms with Crippen LogP contribution in [-0.2, 0) is 0 Å². The van der Waals surface area contributed by atoms with Crippen molar-refractivity contribution >= 4 is 23.1 Å². The molecule has 1 aromatic heterocycles. The van der Waals surface area contributed by atoms with Gasteiger partial charge in [-0.2, -0.15) is 0 Å². The maximum absolute atomic E-state index is 10.2. The molecule has 1 unspecified atom stereocenters. The Morgan fingerprint density at radius 1 is 1.09 bits per heavy atom. The van der Waals surface area contributed by atoms with Gasteiger partial charge in [-0.1, -0.05) is 25.1 Å². The molecule has 3 nitrogen and oxygen atoms in total. The molecule has 0 saturated heterocycles. The van der Waals surface area contributed by atoms with Gasteiger partial charge in [-0.3, -0.25) is 0 Å². The molecule has 118 valence electrons. The standard InChI is InChI=1S/C18H17NO2S2/c1-2-22-17(14-5-3-4-6-16(14)21)15-11-23-18(19-15)12-7-9-13(20)10-8-12/h3-11,17,20-21H,2H2,1H3. The lowest BCUT2D eigenvalue weighted by molar-refractivity contribution is 0.469. The molecule has 3 rings (SSSR count). The molecule has 0 aliphatic carbocycles. The van der Waals surface area contributed by atoms with Crippen LogP contribution in [-0.4, -0.2) is 20.9 Å². The first-order valence-corrected chi connectivity index (χ1v) is 9.26. The van der Waals surface area contributed by atoms with Gasteiger partial charge in [-0.25, -0.2) is 4.98 Å². The van der Waals surface area contributed by atoms with E-state index in [2.05, 4.69) is 6.92 Å². The van der Waals surface area contributed by atoms with Crippen molar-refractivity contribution in [1.82, 2.24) is 4.98 Å². The zero-order chi connectivity index (χ0) is 16.2. The quantitative estimate of drug-likeness (QED) is 0.679. The molecule has 0 radical (unpaired) electrons. The summed E-state index contributed by atoms with van der Waals surface area (Å²) in [7, 11) is 0. The largest absolute Gasteiger partial charge is 0.508 e. The first-order chi connectivity index (χ1) is 11.2. The van der Waals surface area contributed by atoms with E-state index in [1.165, 1.54) is 0 Å². The summed E-state index contributed by atoms with van der Waals surface area (Å²) in [5.41, 5.74) is 2.82. The van der Waals surface area contributed by atoms with Crippen molar-refractivity contribution in [3.05, 3.63) is 65.2 Å². The summed E-state index contributed by atoms with van der Waals surface area (Å²) < 4.78 is 0. The SMILES string of the molecule is CCSC(c1csc(-c2ccc(O)cc2)n1)c1ccccc1O. The molecular weight excluding hydrogens is 326 g/mol. The van der Waals surface area contributed by atoms with Crippen LogP contribution < -0.4 is 0 Å². The summed E-state index contributed by atoms with van der Waals surface area (Å²) in [6.07, 6.45) is 0. The molecule has 1 heterocycles. The van der Waals surface area contributed by atoms with Gasteiger partial charge in [0.05, 0.1) is 10.9 Å². The number of para-hydroxylation sites is 1. The number of rotatable bonds is 5. The monoisotopic (exact) mass is 343 g/mol. The van der Waals surface area contributed by atoms with E-state index in [9.17, 15) is 10.2 Å². The number of benzene rings is 2. The third kappa shape index (κ3) is 3.51. The number of thiazole rings is 1. The van der Waals surface area contributed by atoms with Crippen molar-refractivity contribution in [2.45, 2.75) is 12.2 Å². The van der Waals surface area contributed by atoms with E-state index in [0.29, 0.717) is 5.75 Å². The van der Waals surface area contributed by atoms with Gasteiger partial charge in [0.25, 0.3) is 0 Å². The average molecular weight is 343 g/mol. The number of phenols is 2. The summed E-state index contributed by atoms with van der Waals surface area (Å²) in [6.45, 7) is 2.10. The predicted molar refractivity (Wildman–Crippen MR) is 97.3 cm³/mol. The Labute approximate surface area is 143 Å². The third-order valence-electron chi connectivity index (χ3n) is 3.46. The molecule has 0 amide bonds. The predicted octanol–water partition coefficient (Wildman–Crippen LogP) is 5.06. The van der Waals surface area contributed by atoms with Crippen LogP contribution >= 0.6 is 23.1 Å². The molecule has 0 saturated carbocycles. The van der Waals surface area contributed by atoms with Crippen LogP contribution in [0.3, 0.4) is 0 Å². The van der Waals surface area contributed by atoms with E-state index in [1.54, 1.807) is 41.3 Å². The topological polar surface area (TPSA) is 53.4 Å². The van der Waals surface area contributed by atoms with Crippen LogP contribution in [0.4, 0.5) is 0 Å². The molecule has 0 fully saturated rings. The summed E-state index contributed by atoms with van der Waals surface area (Å²) >= 11 is 3.33. The minimum atomic E-state index is 0.0170. The molecule has 1 atom stereocenters. The van der Waals surface area contributed by atoms with Gasteiger partial charge in [0.2, 0.25) is 0 Å². The van der Waals surface area contributed by atoms with Crippen LogP contribution in [0.1, 0.15) is 23.4 Å². The van der Waals surface area contributed by atoms with E-state index in [0.717, 1.165) is 27.6 Å². The second kappa shape index (κ2) is 7.06. The Morgan fingerprint density at radius 2 is 1.83 bits per heavy atom. The maximum atomic E-state index is 10.2. The maximum Gasteiger partial charge on any atom is 0.123 e. The van der Waals surface area contributed by atoms with E-state index < -0.39 is 0 Å². The average Bonchev–Trinajstić information content (AvgIpc) is 3.04. The normalized spacial score (nSPS) is 12.2. The lowest BCUT2D eigenvalue weighted by atomic mass is 10.1. The molecule has 0 aliphatic rings. The van der Waals surface area contributed by atoms with E-state index in [1.807, 2.05) is 35.7 Å². The van der Waals surface area contributed by atoms with Crippen molar-refractivity contribution in [1.29, 1.82) is 0 Å². The molecule has 23 heavy (non-hydrogen) atoms. The number of aromatic nitrogens is 1. The van der Waals surface area contributed by atoms with Crippen LogP contribution in [0.15, 0.2) is 53.9 Å². The number of aromatic hydroxyl groups is 2. The lowest BCUT2D eigenvalue weighted by Crippen LogP contribution is -1.98. The van der Waals surface area contributed by atoms with Crippen molar-refractivity contribution in [3.8, 4) is 22.1 Å². The van der Waals surface area contributed by atoms with Crippen LogP contribution in [0.2, 0.25) is 0 Å². The van der Waals surface area contributed by atoms with Crippen LogP contribution in [0.25, 0.3) is 10.6 Å². The highest BCUT2D eigenvalue weighted by Gasteiger charge is 2.20. The number of hydrogen-bond acceptors (Lipinski definition) is 5. The number of nitrogens with zero attached hydrogens (tertiary/aromatic N) is 1. The Balaban J connectivity index is 1.95. The fourth-order valence-corrected chi connectivity index (χ4v) is 4.29. The minimum absolute atomic E-state index is 0.0170. The molecule has 5 heteroatoms. The van der Waals surface area contributed by atoms with E-state index in [4.69, 9.17) is 4.98 Å². The van der Waals surface area contributed by atoms with Gasteiger partial charge < -0.3 is 10.2 Å². The second-order valence-electron chi connectivity index (χ2n) is 5.02. The molecule has 0 bridgehead atoms. The van der Waals surface area contributed by atoms with Gasteiger partial charge in [-0.15, -0.1) is 23.1 Å². The highest BCUT2D eigenvalue weighted by Crippen LogP contribution is 2.41. The van der Waals surface area contributed by atoms with E-state index in [-0.39, 0.29) is 11.0 Å². The zero-order valence-corrected chi connectivity index (χ0v) is 14.3. The highest BCUT2D eigenvalue weighted by atomic mass is 32.2. The number of hydrogen-bond donors (Lipinski definition) is 2. The first kappa shape index (κ1) is 15.9. The van der Waals surface area contributed by atoms with Crippen LogP contribution in [0.5, 0.6) is 11.5 Å². The van der Waals surface area contributed by atoms with E-state index >= 15 is 0 Å². The number of thioether (sulfide) groups is 1. The smallest absolute Gasteiger partial charge is 0.123 e. The van der Waals surface area contributed by atoms with Crippen molar-refractivity contribution < 1.29 is 10.2 Å². The summed E-state index contributed by atoms with van der Waals surface area (Å²) in [4.78, 5) is 4.75. The van der Waals surface area contributed by atoms with Gasteiger partial charge in [-0.05, 0) is 36.1 Å². The Morgan fingerprint density at radius 3 is 2.52 bits per heavy atom. The molecule has 2 N–H and O–H groups in total. The van der Waals surface area contributed by atoms with Crippen molar-refractivity contribution in [3.63, 3.8) is 0 Å². The van der Waals surface area contributed by atoms with Gasteiger partial charge in [0, 0.05) is 16.5 Å². The van der Waals surface area contributed by atoms with Gasteiger partial charge >= 0.3 is 0 Å². The Kier molecular flexibility index (Phi) is 4.88. The zero-order valence-electron chi connectivity index (χ0n) is 12.6. The summed E-state index contributed by atoms with van der Waals surface area (Å²) in [6, 6.07) is 14.5. The number of phenolic OH excluding ortho intramolecular Hbond substituents is 2. The molecule has 0 aliphatic heterocycles. The van der Waals surface area contributed by atoms with Gasteiger partial charge in [0.15, 0.2) is 0 Å². The van der Waals surface area contributed by atoms with Crippen molar-refractivity contribution in [2.75, 3.05) is 5.75 Å². The first-order valence-electron chi connectivity index (χ1n) is 7.33. The molecule has 3 aromatic rings. The summed E-state index contributed by atoms with van der Waals surface area (Å²) in [5, 5.41) is 22.5. The summed E-state index contributed by atoms with van der Waals surface area (Å²) in [5.74, 6) is 1.49. The highest BCUT2D eigenvalue weighted by molar-refractivity contribution is 7.99. The lowest BCUT2D eigenvalue weighted by Gasteiger charge is -2.15. The Bertz CT molecular complexity index is 784. The van der Waals surface area contributed by atoms with Gasteiger partial charge in [0.1, 0.15) is 16.5 Å². The fraction of sp³-hybridized carbons (Fsp3) is 0.167. The Hall–Kier alpha value is -1.98. The van der Waals surface area contributed by atoms with Crippen molar-refractivity contribution in [2.24, 2.45) is 0 Å². The van der Waals surface area contributed by atoms with Crippen LogP contribution in [0, 0.1) is 0 Å². The molecule has 0 spiro atoms. The molecular formula is C18H17NO2S2.